The average molecular weight is 236 g/mol. The smallest absolute Gasteiger partial charge is 0.335 e. The largest absolute Gasteiger partial charge is 0.479 e. The third-order valence-electron chi connectivity index (χ3n) is 2.77. The second-order valence-electron chi connectivity index (χ2n) is 3.80. The number of nitrogens with zero attached hydrogens (tertiary/aromatic N) is 2. The first kappa shape index (κ1) is 11.5. The molecule has 1 fully saturated rings. The summed E-state index contributed by atoms with van der Waals surface area (Å²) in [6.07, 6.45) is 2.07. The Bertz CT molecular complexity index is 434. The van der Waals surface area contributed by atoms with E-state index in [2.05, 4.69) is 4.98 Å². The van der Waals surface area contributed by atoms with Gasteiger partial charge in [0.15, 0.2) is 6.10 Å². The number of carboxylic acid groups (broad SMARTS) is 1. The number of hydrogen-bond donors (Lipinski definition) is 1. The molecule has 1 aliphatic heterocycles. The molecule has 1 aromatic rings. The van der Waals surface area contributed by atoms with Crippen LogP contribution in [0, 0.1) is 0 Å². The van der Waals surface area contributed by atoms with Gasteiger partial charge in [0.2, 0.25) is 5.91 Å². The van der Waals surface area contributed by atoms with Crippen molar-refractivity contribution in [2.45, 2.75) is 12.1 Å². The molecule has 0 radical (unpaired) electrons. The van der Waals surface area contributed by atoms with Crippen LogP contribution in [0.2, 0.25) is 0 Å². The molecule has 1 aromatic heterocycles. The van der Waals surface area contributed by atoms with E-state index in [1.807, 2.05) is 0 Å². The zero-order valence-electron chi connectivity index (χ0n) is 9.24. The Morgan fingerprint density at radius 2 is 2.18 bits per heavy atom. The maximum Gasteiger partial charge on any atom is 0.335 e. The first-order valence-electron chi connectivity index (χ1n) is 5.11. The van der Waals surface area contributed by atoms with Crippen molar-refractivity contribution < 1.29 is 19.4 Å². The second kappa shape index (κ2) is 4.50. The van der Waals surface area contributed by atoms with E-state index in [0.717, 1.165) is 0 Å². The van der Waals surface area contributed by atoms with Gasteiger partial charge < -0.3 is 14.7 Å². The highest BCUT2D eigenvalue weighted by Crippen LogP contribution is 2.28. The molecule has 6 nitrogen and oxygen atoms in total. The molecule has 2 heterocycles. The molecule has 0 spiro atoms. The van der Waals surface area contributed by atoms with Crippen LogP contribution in [0.3, 0.4) is 0 Å². The Morgan fingerprint density at radius 1 is 1.53 bits per heavy atom. The number of morpholine rings is 1. The van der Waals surface area contributed by atoms with Gasteiger partial charge in [0.25, 0.3) is 0 Å². The Kier molecular flexibility index (Phi) is 3.06. The van der Waals surface area contributed by atoms with E-state index in [-0.39, 0.29) is 12.5 Å². The first-order valence-corrected chi connectivity index (χ1v) is 5.11. The number of ether oxygens (including phenoxy) is 1. The summed E-state index contributed by atoms with van der Waals surface area (Å²) in [6, 6.07) is 2.75. The van der Waals surface area contributed by atoms with Crippen LogP contribution < -0.4 is 0 Å². The zero-order chi connectivity index (χ0) is 12.4. The zero-order valence-corrected chi connectivity index (χ0v) is 9.24. The number of pyridine rings is 1. The third-order valence-corrected chi connectivity index (χ3v) is 2.77. The van der Waals surface area contributed by atoms with Gasteiger partial charge in [-0.2, -0.15) is 0 Å². The summed E-state index contributed by atoms with van der Waals surface area (Å²) in [5, 5.41) is 9.10. The number of carbonyl (C=O) groups excluding carboxylic acids is 1. The fourth-order valence-corrected chi connectivity index (χ4v) is 1.88. The molecule has 1 N–H and O–H groups in total. The van der Waals surface area contributed by atoms with E-state index in [1.54, 1.807) is 31.6 Å². The maximum absolute atomic E-state index is 11.5. The molecule has 90 valence electrons. The minimum Gasteiger partial charge on any atom is -0.479 e. The predicted molar refractivity (Wildman–Crippen MR) is 57.1 cm³/mol. The number of rotatable bonds is 2. The third kappa shape index (κ3) is 2.12. The van der Waals surface area contributed by atoms with Crippen molar-refractivity contribution in [1.82, 2.24) is 9.88 Å². The standard InChI is InChI=1S/C11H12N2O4/c1-13-8(14)6-17-10(11(15)16)9(13)7-2-4-12-5-3-7/h2-5,9-10H,6H2,1H3,(H,15,16). The summed E-state index contributed by atoms with van der Waals surface area (Å²) in [4.78, 5) is 27.9. The highest BCUT2D eigenvalue weighted by molar-refractivity contribution is 5.82. The molecule has 2 atom stereocenters. The fraction of sp³-hybridized carbons (Fsp3) is 0.364. The second-order valence-corrected chi connectivity index (χ2v) is 3.80. The van der Waals surface area contributed by atoms with E-state index in [0.29, 0.717) is 5.56 Å². The Morgan fingerprint density at radius 3 is 2.76 bits per heavy atom. The molecule has 17 heavy (non-hydrogen) atoms. The van der Waals surface area contributed by atoms with Gasteiger partial charge in [-0.05, 0) is 17.7 Å². The van der Waals surface area contributed by atoms with Gasteiger partial charge in [-0.15, -0.1) is 0 Å². The molecule has 1 amide bonds. The summed E-state index contributed by atoms with van der Waals surface area (Å²) in [6.45, 7) is -0.199. The Balaban J connectivity index is 2.37. The van der Waals surface area contributed by atoms with Crippen molar-refractivity contribution >= 4 is 11.9 Å². The van der Waals surface area contributed by atoms with E-state index < -0.39 is 18.1 Å². The fourth-order valence-electron chi connectivity index (χ4n) is 1.88. The number of amides is 1. The predicted octanol–water partition coefficient (Wildman–Crippen LogP) is 0.0645. The summed E-state index contributed by atoms with van der Waals surface area (Å²) in [5.74, 6) is -1.31. The number of hydrogen-bond acceptors (Lipinski definition) is 4. The van der Waals surface area contributed by atoms with Gasteiger partial charge >= 0.3 is 5.97 Å². The van der Waals surface area contributed by atoms with Gasteiger partial charge in [-0.25, -0.2) is 4.79 Å². The van der Waals surface area contributed by atoms with Crippen LogP contribution in [0.25, 0.3) is 0 Å². The molecule has 6 heteroatoms. The van der Waals surface area contributed by atoms with E-state index in [9.17, 15) is 9.59 Å². The van der Waals surface area contributed by atoms with Crippen LogP contribution in [0.4, 0.5) is 0 Å². The molecule has 2 rings (SSSR count). The van der Waals surface area contributed by atoms with E-state index >= 15 is 0 Å². The molecule has 0 aliphatic carbocycles. The molecule has 1 saturated heterocycles. The monoisotopic (exact) mass is 236 g/mol. The highest BCUT2D eigenvalue weighted by Gasteiger charge is 2.39. The van der Waals surface area contributed by atoms with Gasteiger partial charge in [0.1, 0.15) is 6.61 Å². The molecule has 2 unspecified atom stereocenters. The molecular formula is C11H12N2O4. The van der Waals surface area contributed by atoms with Gasteiger partial charge in [-0.3, -0.25) is 9.78 Å². The highest BCUT2D eigenvalue weighted by atomic mass is 16.5. The molecule has 0 bridgehead atoms. The minimum absolute atomic E-state index is 0.199. The summed E-state index contributed by atoms with van der Waals surface area (Å²) < 4.78 is 5.08. The lowest BCUT2D eigenvalue weighted by atomic mass is 9.99. The van der Waals surface area contributed by atoms with E-state index in [1.165, 1.54) is 4.90 Å². The SMILES string of the molecule is CN1C(=O)COC(C(=O)O)C1c1ccncc1. The normalized spacial score (nSPS) is 24.8. The van der Waals surface area contributed by atoms with Crippen molar-refractivity contribution in [3.8, 4) is 0 Å². The Labute approximate surface area is 97.8 Å². The minimum atomic E-state index is -1.08. The first-order chi connectivity index (χ1) is 8.11. The number of aromatic nitrogens is 1. The van der Waals surface area contributed by atoms with Gasteiger partial charge in [-0.1, -0.05) is 0 Å². The van der Waals surface area contributed by atoms with Crippen LogP contribution in [-0.2, 0) is 14.3 Å². The summed E-state index contributed by atoms with van der Waals surface area (Å²) in [7, 11) is 1.58. The van der Waals surface area contributed by atoms with E-state index in [4.69, 9.17) is 9.84 Å². The lowest BCUT2D eigenvalue weighted by Gasteiger charge is -2.36. The van der Waals surface area contributed by atoms with Gasteiger partial charge in [0, 0.05) is 19.4 Å². The van der Waals surface area contributed by atoms with Crippen molar-refractivity contribution in [2.75, 3.05) is 13.7 Å². The maximum atomic E-state index is 11.5. The molecule has 0 aromatic carbocycles. The van der Waals surface area contributed by atoms with Crippen LogP contribution in [0.5, 0.6) is 0 Å². The van der Waals surface area contributed by atoms with Crippen molar-refractivity contribution in [2.24, 2.45) is 0 Å². The number of aliphatic carboxylic acids is 1. The van der Waals surface area contributed by atoms with Crippen molar-refractivity contribution in [3.63, 3.8) is 0 Å². The molecule has 1 aliphatic rings. The lowest BCUT2D eigenvalue weighted by molar-refractivity contribution is -0.171. The summed E-state index contributed by atoms with van der Waals surface area (Å²) in [5.41, 5.74) is 0.697. The topological polar surface area (TPSA) is 79.7 Å². The average Bonchev–Trinajstić information content (AvgIpc) is 2.33. The van der Waals surface area contributed by atoms with Gasteiger partial charge in [0.05, 0.1) is 6.04 Å². The van der Waals surface area contributed by atoms with Crippen LogP contribution in [-0.4, -0.2) is 46.6 Å². The van der Waals surface area contributed by atoms with Crippen LogP contribution in [0.1, 0.15) is 11.6 Å². The number of likely N-dealkylation sites (N-methyl/N-ethyl adjacent to an activating group) is 1. The quantitative estimate of drug-likeness (QED) is 0.785. The van der Waals surface area contributed by atoms with Crippen LogP contribution in [0.15, 0.2) is 24.5 Å². The van der Waals surface area contributed by atoms with Crippen molar-refractivity contribution in [1.29, 1.82) is 0 Å². The van der Waals surface area contributed by atoms with Crippen molar-refractivity contribution in [3.05, 3.63) is 30.1 Å². The van der Waals surface area contributed by atoms with Crippen LogP contribution >= 0.6 is 0 Å². The number of carbonyl (C=O) groups is 2. The molecule has 0 saturated carbocycles. The Hall–Kier alpha value is -1.95. The number of carboxylic acids is 1. The summed E-state index contributed by atoms with van der Waals surface area (Å²) >= 11 is 0. The lowest BCUT2D eigenvalue weighted by Crippen LogP contribution is -2.50. The molecular weight excluding hydrogens is 224 g/mol.